The van der Waals surface area contributed by atoms with Crippen LogP contribution in [0.5, 0.6) is 0 Å². The molecule has 1 fully saturated rings. The highest BCUT2D eigenvalue weighted by Crippen LogP contribution is 2.31. The maximum Gasteiger partial charge on any atom is 0.0431 e. The molecule has 3 heteroatoms. The Bertz CT molecular complexity index is 136. The van der Waals surface area contributed by atoms with Crippen molar-refractivity contribution >= 4 is 0 Å². The standard InChI is InChI=1S/C10H22N2O/c1-12-10(5-2-8-13)6-3-9(11)4-7-10/h9,12-13H,2-8,11H2,1H3. The van der Waals surface area contributed by atoms with Crippen LogP contribution in [0.2, 0.25) is 0 Å². The summed E-state index contributed by atoms with van der Waals surface area (Å²) in [6.45, 7) is 0.301. The van der Waals surface area contributed by atoms with Crippen molar-refractivity contribution in [1.82, 2.24) is 5.32 Å². The van der Waals surface area contributed by atoms with Crippen LogP contribution in [-0.4, -0.2) is 30.3 Å². The molecular formula is C10H22N2O. The number of rotatable bonds is 4. The van der Waals surface area contributed by atoms with Crippen LogP contribution >= 0.6 is 0 Å². The average molecular weight is 186 g/mol. The van der Waals surface area contributed by atoms with Gasteiger partial charge in [-0.15, -0.1) is 0 Å². The second-order valence-electron chi connectivity index (χ2n) is 4.19. The summed E-state index contributed by atoms with van der Waals surface area (Å²) >= 11 is 0. The highest BCUT2D eigenvalue weighted by molar-refractivity contribution is 4.92. The molecule has 0 radical (unpaired) electrons. The Labute approximate surface area is 80.7 Å². The Morgan fingerprint density at radius 1 is 1.46 bits per heavy atom. The van der Waals surface area contributed by atoms with Gasteiger partial charge in [0.1, 0.15) is 0 Å². The Morgan fingerprint density at radius 2 is 2.08 bits per heavy atom. The van der Waals surface area contributed by atoms with Crippen LogP contribution in [0.3, 0.4) is 0 Å². The van der Waals surface area contributed by atoms with Gasteiger partial charge in [0, 0.05) is 18.2 Å². The summed E-state index contributed by atoms with van der Waals surface area (Å²) in [5.74, 6) is 0. The Hall–Kier alpha value is -0.120. The molecule has 1 saturated carbocycles. The van der Waals surface area contributed by atoms with Crippen molar-refractivity contribution in [3.05, 3.63) is 0 Å². The SMILES string of the molecule is CNC1(CCCO)CCC(N)CC1. The van der Waals surface area contributed by atoms with Crippen LogP contribution in [0, 0.1) is 0 Å². The van der Waals surface area contributed by atoms with E-state index in [2.05, 4.69) is 5.32 Å². The van der Waals surface area contributed by atoms with Gasteiger partial charge < -0.3 is 16.2 Å². The van der Waals surface area contributed by atoms with Crippen molar-refractivity contribution in [2.24, 2.45) is 5.73 Å². The topological polar surface area (TPSA) is 58.3 Å². The maximum atomic E-state index is 8.81. The van der Waals surface area contributed by atoms with Crippen LogP contribution in [0.15, 0.2) is 0 Å². The van der Waals surface area contributed by atoms with Gasteiger partial charge in [-0.2, -0.15) is 0 Å². The summed E-state index contributed by atoms with van der Waals surface area (Å²) < 4.78 is 0. The van der Waals surface area contributed by atoms with E-state index in [4.69, 9.17) is 10.8 Å². The van der Waals surface area contributed by atoms with E-state index in [1.54, 1.807) is 0 Å². The van der Waals surface area contributed by atoms with E-state index in [0.717, 1.165) is 38.5 Å². The second kappa shape index (κ2) is 4.94. The highest BCUT2D eigenvalue weighted by atomic mass is 16.2. The van der Waals surface area contributed by atoms with Gasteiger partial charge in [0.25, 0.3) is 0 Å². The van der Waals surface area contributed by atoms with Crippen LogP contribution in [0.1, 0.15) is 38.5 Å². The Kier molecular flexibility index (Phi) is 4.16. The third kappa shape index (κ3) is 2.93. The molecule has 0 aromatic rings. The molecule has 1 rings (SSSR count). The lowest BCUT2D eigenvalue weighted by molar-refractivity contribution is 0.189. The number of hydrogen-bond acceptors (Lipinski definition) is 3. The zero-order valence-electron chi connectivity index (χ0n) is 8.55. The van der Waals surface area contributed by atoms with Gasteiger partial charge in [-0.05, 0) is 45.6 Å². The lowest BCUT2D eigenvalue weighted by Gasteiger charge is -2.39. The van der Waals surface area contributed by atoms with E-state index in [0.29, 0.717) is 12.6 Å². The van der Waals surface area contributed by atoms with Gasteiger partial charge in [0.15, 0.2) is 0 Å². The van der Waals surface area contributed by atoms with Crippen LogP contribution in [0.4, 0.5) is 0 Å². The molecule has 3 nitrogen and oxygen atoms in total. The third-order valence-corrected chi connectivity index (χ3v) is 3.33. The Morgan fingerprint density at radius 3 is 2.54 bits per heavy atom. The summed E-state index contributed by atoms with van der Waals surface area (Å²) in [6, 6.07) is 0.399. The largest absolute Gasteiger partial charge is 0.396 e. The van der Waals surface area contributed by atoms with Crippen molar-refractivity contribution in [1.29, 1.82) is 0 Å². The summed E-state index contributed by atoms with van der Waals surface area (Å²) in [6.07, 6.45) is 6.52. The lowest BCUT2D eigenvalue weighted by Crippen LogP contribution is -2.48. The second-order valence-corrected chi connectivity index (χ2v) is 4.19. The van der Waals surface area contributed by atoms with Crippen LogP contribution < -0.4 is 11.1 Å². The number of hydrogen-bond donors (Lipinski definition) is 3. The monoisotopic (exact) mass is 186 g/mol. The first-order chi connectivity index (χ1) is 6.22. The summed E-state index contributed by atoms with van der Waals surface area (Å²) in [4.78, 5) is 0. The lowest BCUT2D eigenvalue weighted by atomic mass is 9.77. The molecule has 0 unspecified atom stereocenters. The van der Waals surface area contributed by atoms with Crippen LogP contribution in [-0.2, 0) is 0 Å². The highest BCUT2D eigenvalue weighted by Gasteiger charge is 2.31. The number of aliphatic hydroxyl groups excluding tert-OH is 1. The van der Waals surface area contributed by atoms with Crippen molar-refractivity contribution in [2.75, 3.05) is 13.7 Å². The van der Waals surface area contributed by atoms with Crippen molar-refractivity contribution in [3.8, 4) is 0 Å². The number of nitrogens with two attached hydrogens (primary N) is 1. The molecule has 0 spiro atoms. The molecule has 78 valence electrons. The first-order valence-electron chi connectivity index (χ1n) is 5.28. The quantitative estimate of drug-likeness (QED) is 0.603. The maximum absolute atomic E-state index is 8.81. The third-order valence-electron chi connectivity index (χ3n) is 3.33. The van der Waals surface area contributed by atoms with Crippen LogP contribution in [0.25, 0.3) is 0 Å². The van der Waals surface area contributed by atoms with E-state index >= 15 is 0 Å². The molecule has 13 heavy (non-hydrogen) atoms. The van der Waals surface area contributed by atoms with Gasteiger partial charge >= 0.3 is 0 Å². The summed E-state index contributed by atoms with van der Waals surface area (Å²) in [5, 5.41) is 12.2. The Balaban J connectivity index is 2.40. The smallest absolute Gasteiger partial charge is 0.0431 e. The molecule has 0 aliphatic heterocycles. The van der Waals surface area contributed by atoms with Gasteiger partial charge in [-0.25, -0.2) is 0 Å². The van der Waals surface area contributed by atoms with Crippen molar-refractivity contribution in [2.45, 2.75) is 50.1 Å². The predicted octanol–water partition coefficient (Wildman–Crippen LogP) is 0.618. The van der Waals surface area contributed by atoms with Gasteiger partial charge in [0.2, 0.25) is 0 Å². The van der Waals surface area contributed by atoms with E-state index in [9.17, 15) is 0 Å². The summed E-state index contributed by atoms with van der Waals surface area (Å²) in [7, 11) is 2.02. The average Bonchev–Trinajstić information content (AvgIpc) is 2.18. The minimum atomic E-state index is 0.262. The fourth-order valence-electron chi connectivity index (χ4n) is 2.24. The molecule has 1 aliphatic rings. The molecular weight excluding hydrogens is 164 g/mol. The first-order valence-corrected chi connectivity index (χ1v) is 5.28. The molecule has 0 aromatic heterocycles. The molecule has 0 atom stereocenters. The minimum absolute atomic E-state index is 0.262. The van der Waals surface area contributed by atoms with E-state index in [-0.39, 0.29) is 5.54 Å². The van der Waals surface area contributed by atoms with Crippen molar-refractivity contribution in [3.63, 3.8) is 0 Å². The van der Waals surface area contributed by atoms with Gasteiger partial charge in [-0.1, -0.05) is 0 Å². The fraction of sp³-hybridized carbons (Fsp3) is 1.00. The molecule has 0 amide bonds. The fourth-order valence-corrected chi connectivity index (χ4v) is 2.24. The minimum Gasteiger partial charge on any atom is -0.396 e. The molecule has 0 saturated heterocycles. The summed E-state index contributed by atoms with van der Waals surface area (Å²) in [5.41, 5.74) is 6.12. The van der Waals surface area contributed by atoms with E-state index < -0.39 is 0 Å². The number of nitrogens with one attached hydrogen (secondary N) is 1. The molecule has 1 aliphatic carbocycles. The normalized spacial score (nSPS) is 34.8. The first kappa shape index (κ1) is 11.0. The zero-order valence-corrected chi connectivity index (χ0v) is 8.55. The van der Waals surface area contributed by atoms with Gasteiger partial charge in [-0.3, -0.25) is 0 Å². The molecule has 4 N–H and O–H groups in total. The number of aliphatic hydroxyl groups is 1. The van der Waals surface area contributed by atoms with E-state index in [1.807, 2.05) is 7.05 Å². The van der Waals surface area contributed by atoms with Crippen molar-refractivity contribution < 1.29 is 5.11 Å². The molecule has 0 bridgehead atoms. The van der Waals surface area contributed by atoms with E-state index in [1.165, 1.54) is 0 Å². The molecule has 0 aromatic carbocycles. The van der Waals surface area contributed by atoms with Gasteiger partial charge in [0.05, 0.1) is 0 Å². The molecule has 0 heterocycles. The zero-order chi connectivity index (χ0) is 9.73. The predicted molar refractivity (Wildman–Crippen MR) is 54.6 cm³/mol.